The van der Waals surface area contributed by atoms with Crippen molar-refractivity contribution < 1.29 is 4.74 Å². The number of allylic oxidation sites excluding steroid dienone is 1. The predicted molar refractivity (Wildman–Crippen MR) is 127 cm³/mol. The van der Waals surface area contributed by atoms with Gasteiger partial charge in [0.2, 0.25) is 0 Å². The zero-order valence-corrected chi connectivity index (χ0v) is 18.3. The van der Waals surface area contributed by atoms with E-state index in [1.54, 1.807) is 0 Å². The zero-order chi connectivity index (χ0) is 20.9. The molecule has 2 fully saturated rings. The molecule has 2 unspecified atom stereocenters. The van der Waals surface area contributed by atoms with E-state index in [0.717, 1.165) is 52.2 Å². The van der Waals surface area contributed by atoms with Crippen molar-refractivity contribution in [1.29, 1.82) is 0 Å². The fraction of sp³-hybridized carbons (Fsp3) is 0.444. The van der Waals surface area contributed by atoms with E-state index in [1.165, 1.54) is 35.3 Å². The van der Waals surface area contributed by atoms with Crippen molar-refractivity contribution in [2.24, 2.45) is 11.0 Å². The van der Waals surface area contributed by atoms with Gasteiger partial charge in [-0.25, -0.2) is 0 Å². The van der Waals surface area contributed by atoms with Crippen LogP contribution in [0, 0.1) is 5.92 Å². The number of nitrogens with zero attached hydrogens (tertiary/aromatic N) is 3. The Labute approximate surface area is 186 Å². The Kier molecular flexibility index (Phi) is 6.47. The third-order valence-electron chi connectivity index (χ3n) is 6.83. The summed E-state index contributed by atoms with van der Waals surface area (Å²) in [4.78, 5) is 2.53. The Morgan fingerprint density at radius 3 is 2.45 bits per heavy atom. The van der Waals surface area contributed by atoms with Gasteiger partial charge < -0.3 is 4.74 Å². The highest BCUT2D eigenvalue weighted by atomic mass is 16.5. The molecule has 0 aromatic heterocycles. The molecule has 2 aromatic carbocycles. The summed E-state index contributed by atoms with van der Waals surface area (Å²) in [5.74, 6) is 0.495. The van der Waals surface area contributed by atoms with Gasteiger partial charge in [-0.05, 0) is 48.5 Å². The van der Waals surface area contributed by atoms with Gasteiger partial charge in [0.1, 0.15) is 0 Å². The number of benzene rings is 2. The molecule has 1 saturated heterocycles. The molecule has 1 saturated carbocycles. The van der Waals surface area contributed by atoms with Crippen LogP contribution in [0.1, 0.15) is 42.9 Å². The van der Waals surface area contributed by atoms with Gasteiger partial charge in [-0.2, -0.15) is 5.10 Å². The number of hydrogen-bond acceptors (Lipinski definition) is 4. The van der Waals surface area contributed by atoms with Crippen LogP contribution in [0.5, 0.6) is 0 Å². The first kappa shape index (κ1) is 20.5. The molecule has 2 atom stereocenters. The van der Waals surface area contributed by atoms with Gasteiger partial charge in [0.25, 0.3) is 0 Å². The van der Waals surface area contributed by atoms with Crippen LogP contribution in [0.15, 0.2) is 71.3 Å². The summed E-state index contributed by atoms with van der Waals surface area (Å²) in [5.41, 5.74) is 5.44. The zero-order valence-electron chi connectivity index (χ0n) is 18.3. The van der Waals surface area contributed by atoms with Crippen LogP contribution in [0.2, 0.25) is 0 Å². The lowest BCUT2D eigenvalue weighted by Crippen LogP contribution is -2.38. The maximum absolute atomic E-state index is 5.50. The van der Waals surface area contributed by atoms with Crippen LogP contribution in [-0.4, -0.2) is 55.0 Å². The van der Waals surface area contributed by atoms with Crippen molar-refractivity contribution in [1.82, 2.24) is 9.91 Å². The second-order valence-electron chi connectivity index (χ2n) is 8.89. The normalized spacial score (nSPS) is 25.5. The number of hydrazone groups is 1. The van der Waals surface area contributed by atoms with Crippen molar-refractivity contribution in [2.45, 2.75) is 31.7 Å². The minimum Gasteiger partial charge on any atom is -0.379 e. The Morgan fingerprint density at radius 2 is 1.68 bits per heavy atom. The minimum atomic E-state index is 0.361. The highest BCUT2D eigenvalue weighted by Gasteiger charge is 2.40. The van der Waals surface area contributed by atoms with Crippen LogP contribution in [0.3, 0.4) is 0 Å². The van der Waals surface area contributed by atoms with Gasteiger partial charge in [-0.1, -0.05) is 60.7 Å². The van der Waals surface area contributed by atoms with E-state index < -0.39 is 0 Å². The number of ether oxygens (including phenoxy) is 1. The molecule has 4 heteroatoms. The third kappa shape index (κ3) is 4.76. The number of rotatable bonds is 6. The monoisotopic (exact) mass is 415 g/mol. The lowest BCUT2D eigenvalue weighted by atomic mass is 9.77. The van der Waals surface area contributed by atoms with Crippen LogP contribution in [0.4, 0.5) is 0 Å². The molecule has 162 valence electrons. The first-order valence-electron chi connectivity index (χ1n) is 11.8. The second-order valence-corrected chi connectivity index (χ2v) is 8.89. The summed E-state index contributed by atoms with van der Waals surface area (Å²) >= 11 is 0. The van der Waals surface area contributed by atoms with Gasteiger partial charge in [0, 0.05) is 32.1 Å². The molecule has 2 aliphatic heterocycles. The van der Waals surface area contributed by atoms with E-state index >= 15 is 0 Å². The van der Waals surface area contributed by atoms with Crippen LogP contribution >= 0.6 is 0 Å². The van der Waals surface area contributed by atoms with Crippen molar-refractivity contribution in [3.8, 4) is 0 Å². The maximum atomic E-state index is 5.50. The van der Waals surface area contributed by atoms with Crippen molar-refractivity contribution in [3.63, 3.8) is 0 Å². The van der Waals surface area contributed by atoms with Gasteiger partial charge in [-0.15, -0.1) is 0 Å². The Bertz CT molecular complexity index is 903. The summed E-state index contributed by atoms with van der Waals surface area (Å²) in [5, 5.41) is 7.67. The molecule has 0 radical (unpaired) electrons. The average Bonchev–Trinajstić information content (AvgIpc) is 3.20. The van der Waals surface area contributed by atoms with Gasteiger partial charge in [-0.3, -0.25) is 9.91 Å². The number of morpholine rings is 1. The van der Waals surface area contributed by atoms with E-state index in [1.807, 2.05) is 0 Å². The third-order valence-corrected chi connectivity index (χ3v) is 6.83. The maximum Gasteiger partial charge on any atom is 0.0804 e. The highest BCUT2D eigenvalue weighted by Crippen LogP contribution is 2.44. The van der Waals surface area contributed by atoms with Crippen LogP contribution in [0.25, 0.3) is 6.08 Å². The summed E-state index contributed by atoms with van der Waals surface area (Å²) in [6.45, 7) is 5.99. The fourth-order valence-electron chi connectivity index (χ4n) is 5.29. The lowest BCUT2D eigenvalue weighted by molar-refractivity contribution is 0.0354. The van der Waals surface area contributed by atoms with Crippen molar-refractivity contribution >= 4 is 11.8 Å². The van der Waals surface area contributed by atoms with Crippen molar-refractivity contribution in [2.75, 3.05) is 39.4 Å². The van der Waals surface area contributed by atoms with E-state index in [-0.39, 0.29) is 0 Å². The second kappa shape index (κ2) is 9.80. The minimum absolute atomic E-state index is 0.361. The van der Waals surface area contributed by atoms with Gasteiger partial charge in [0.05, 0.1) is 25.0 Å². The Hall–Kier alpha value is -2.43. The molecular formula is C27H33N3O. The van der Waals surface area contributed by atoms with Gasteiger partial charge >= 0.3 is 0 Å². The Balaban J connectivity index is 1.37. The molecule has 2 heterocycles. The molecule has 0 bridgehead atoms. The molecule has 3 aliphatic rings. The average molecular weight is 416 g/mol. The SMILES string of the molecule is C(=C1\CCCC2C1=NN(CCCN1CCOCC1)C2c1ccccc1)/c1ccccc1. The smallest absolute Gasteiger partial charge is 0.0804 e. The van der Waals surface area contributed by atoms with E-state index in [0.29, 0.717) is 12.0 Å². The Morgan fingerprint density at radius 1 is 0.935 bits per heavy atom. The summed E-state index contributed by atoms with van der Waals surface area (Å²) in [6, 6.07) is 22.1. The highest BCUT2D eigenvalue weighted by molar-refractivity contribution is 6.07. The topological polar surface area (TPSA) is 28.1 Å². The summed E-state index contributed by atoms with van der Waals surface area (Å²) in [6.07, 6.45) is 7.11. The molecule has 0 spiro atoms. The molecule has 2 aromatic rings. The van der Waals surface area contributed by atoms with Crippen LogP contribution < -0.4 is 0 Å². The van der Waals surface area contributed by atoms with Crippen molar-refractivity contribution in [3.05, 3.63) is 77.4 Å². The number of hydrogen-bond donors (Lipinski definition) is 0. The van der Waals surface area contributed by atoms with E-state index in [2.05, 4.69) is 76.6 Å². The number of fused-ring (bicyclic) bond motifs is 1. The predicted octanol–water partition coefficient (Wildman–Crippen LogP) is 5.01. The first-order valence-corrected chi connectivity index (χ1v) is 11.8. The first-order chi connectivity index (χ1) is 15.4. The molecule has 1 aliphatic carbocycles. The molecule has 0 amide bonds. The van der Waals surface area contributed by atoms with Crippen LogP contribution in [-0.2, 0) is 4.74 Å². The molecule has 5 rings (SSSR count). The quantitative estimate of drug-likeness (QED) is 0.664. The molecular weight excluding hydrogens is 382 g/mol. The summed E-state index contributed by atoms with van der Waals surface area (Å²) < 4.78 is 5.50. The van der Waals surface area contributed by atoms with E-state index in [4.69, 9.17) is 9.84 Å². The fourth-order valence-corrected chi connectivity index (χ4v) is 5.29. The molecule has 4 nitrogen and oxygen atoms in total. The van der Waals surface area contributed by atoms with Gasteiger partial charge in [0.15, 0.2) is 0 Å². The summed E-state index contributed by atoms with van der Waals surface area (Å²) in [7, 11) is 0. The standard InChI is InChI=1S/C27H33N3O/c1-3-9-22(10-4-1)21-24-13-7-14-25-26(24)28-30(27(25)23-11-5-2-6-12-23)16-8-15-29-17-19-31-20-18-29/h1-6,9-12,21,25,27H,7-8,13-20H2/b24-21-. The molecule has 31 heavy (non-hydrogen) atoms. The lowest BCUT2D eigenvalue weighted by Gasteiger charge is -2.31. The largest absolute Gasteiger partial charge is 0.379 e. The molecule has 0 N–H and O–H groups in total. The van der Waals surface area contributed by atoms with E-state index in [9.17, 15) is 0 Å².